The summed E-state index contributed by atoms with van der Waals surface area (Å²) >= 11 is 3.19. The molecule has 7 heteroatoms. The number of benzene rings is 1. The summed E-state index contributed by atoms with van der Waals surface area (Å²) in [5.74, 6) is 1.29. The number of nitrogens with zero attached hydrogens (tertiary/aromatic N) is 2. The van der Waals surface area contributed by atoms with Crippen molar-refractivity contribution in [2.75, 3.05) is 23.7 Å². The number of carbonyl (C=O) groups excluding carboxylic acids is 1. The van der Waals surface area contributed by atoms with Crippen LogP contribution in [0.2, 0.25) is 0 Å². The van der Waals surface area contributed by atoms with E-state index in [1.54, 1.807) is 41.4 Å². The van der Waals surface area contributed by atoms with Gasteiger partial charge >= 0.3 is 0 Å². The molecular formula is C17H20FN3OS2. The number of rotatable bonds is 7. The lowest BCUT2D eigenvalue weighted by Gasteiger charge is -2.23. The molecular weight excluding hydrogens is 345 g/mol. The fourth-order valence-electron chi connectivity index (χ4n) is 2.79. The number of hydrogen-bond acceptors (Lipinski definition) is 5. The molecule has 1 N–H and O–H groups in total. The summed E-state index contributed by atoms with van der Waals surface area (Å²) in [5, 5.41) is 5.85. The molecule has 1 amide bonds. The zero-order valence-corrected chi connectivity index (χ0v) is 14.9. The number of aromatic nitrogens is 1. The molecule has 1 aromatic heterocycles. The van der Waals surface area contributed by atoms with Crippen molar-refractivity contribution in [3.63, 3.8) is 0 Å². The number of carbonyl (C=O) groups is 1. The van der Waals surface area contributed by atoms with Crippen molar-refractivity contribution in [3.05, 3.63) is 47.2 Å². The number of anilines is 1. The van der Waals surface area contributed by atoms with Crippen molar-refractivity contribution in [2.24, 2.45) is 0 Å². The van der Waals surface area contributed by atoms with Crippen molar-refractivity contribution >= 4 is 34.1 Å². The molecule has 0 unspecified atom stereocenters. The highest BCUT2D eigenvalue weighted by Gasteiger charge is 2.31. The Labute approximate surface area is 149 Å². The van der Waals surface area contributed by atoms with Crippen LogP contribution in [0.5, 0.6) is 0 Å². The lowest BCUT2D eigenvalue weighted by Crippen LogP contribution is -2.44. The summed E-state index contributed by atoms with van der Waals surface area (Å²) in [6.45, 7) is 1.48. The predicted octanol–water partition coefficient (Wildman–Crippen LogP) is 3.30. The second kappa shape index (κ2) is 8.48. The molecule has 0 spiro atoms. The third kappa shape index (κ3) is 4.27. The fraction of sp³-hybridized carbons (Fsp3) is 0.412. The van der Waals surface area contributed by atoms with Crippen LogP contribution in [0.25, 0.3) is 0 Å². The number of nitrogens with one attached hydrogen (secondary N) is 1. The van der Waals surface area contributed by atoms with E-state index >= 15 is 0 Å². The average molecular weight is 365 g/mol. The minimum Gasteiger partial charge on any atom is -0.353 e. The Morgan fingerprint density at radius 1 is 1.46 bits per heavy atom. The van der Waals surface area contributed by atoms with Gasteiger partial charge in [-0.05, 0) is 24.5 Å². The fourth-order valence-corrected chi connectivity index (χ4v) is 4.35. The average Bonchev–Trinajstić information content (AvgIpc) is 3.27. The van der Waals surface area contributed by atoms with Gasteiger partial charge in [0.2, 0.25) is 5.91 Å². The maximum absolute atomic E-state index is 13.5. The van der Waals surface area contributed by atoms with Gasteiger partial charge in [-0.15, -0.1) is 11.3 Å². The van der Waals surface area contributed by atoms with E-state index in [-0.39, 0.29) is 17.8 Å². The molecule has 4 nitrogen and oxygen atoms in total. The molecule has 3 rings (SSSR count). The second-order valence-electron chi connectivity index (χ2n) is 5.60. The van der Waals surface area contributed by atoms with E-state index in [9.17, 15) is 9.18 Å². The standard InChI is InChI=1S/C17H20FN3OS2/c18-14-5-2-1-4-13(14)12-23-10-7-19-16(22)15-6-3-9-21(15)17-20-8-11-24-17/h1-2,4-5,8,11,15H,3,6-7,9-10,12H2,(H,19,22)/t15-/m0/s1. The molecule has 2 aromatic rings. The Balaban J connectivity index is 1.40. The molecule has 2 heterocycles. The van der Waals surface area contributed by atoms with E-state index < -0.39 is 0 Å². The molecule has 1 aliphatic heterocycles. The van der Waals surface area contributed by atoms with E-state index in [2.05, 4.69) is 15.2 Å². The summed E-state index contributed by atoms with van der Waals surface area (Å²) in [6.07, 6.45) is 3.65. The first-order valence-electron chi connectivity index (χ1n) is 8.00. The van der Waals surface area contributed by atoms with Crippen LogP contribution >= 0.6 is 23.1 Å². The van der Waals surface area contributed by atoms with Crippen LogP contribution < -0.4 is 10.2 Å². The summed E-state index contributed by atoms with van der Waals surface area (Å²) in [6, 6.07) is 6.69. The summed E-state index contributed by atoms with van der Waals surface area (Å²) in [4.78, 5) is 18.8. The maximum Gasteiger partial charge on any atom is 0.242 e. The second-order valence-corrected chi connectivity index (χ2v) is 7.58. The molecule has 0 saturated carbocycles. The molecule has 1 aromatic carbocycles. The van der Waals surface area contributed by atoms with Gasteiger partial charge in [-0.2, -0.15) is 11.8 Å². The van der Waals surface area contributed by atoms with E-state index in [0.717, 1.165) is 30.3 Å². The van der Waals surface area contributed by atoms with Crippen LogP contribution in [0.15, 0.2) is 35.8 Å². The van der Waals surface area contributed by atoms with Crippen molar-refractivity contribution in [1.29, 1.82) is 0 Å². The van der Waals surface area contributed by atoms with Gasteiger partial charge in [0.05, 0.1) is 0 Å². The molecule has 0 radical (unpaired) electrons. The monoisotopic (exact) mass is 365 g/mol. The summed E-state index contributed by atoms with van der Waals surface area (Å²) in [5.41, 5.74) is 0.708. The van der Waals surface area contributed by atoms with Crippen LogP contribution in [-0.4, -0.2) is 35.8 Å². The molecule has 0 aliphatic carbocycles. The SMILES string of the molecule is O=C(NCCSCc1ccccc1F)[C@@H]1CCCN1c1nccs1. The predicted molar refractivity (Wildman–Crippen MR) is 98.1 cm³/mol. The highest BCUT2D eigenvalue weighted by atomic mass is 32.2. The van der Waals surface area contributed by atoms with Crippen LogP contribution in [-0.2, 0) is 10.5 Å². The van der Waals surface area contributed by atoms with Gasteiger partial charge in [0, 0.05) is 36.2 Å². The van der Waals surface area contributed by atoms with Crippen LogP contribution in [0.4, 0.5) is 9.52 Å². The van der Waals surface area contributed by atoms with Crippen molar-refractivity contribution in [3.8, 4) is 0 Å². The largest absolute Gasteiger partial charge is 0.353 e. The lowest BCUT2D eigenvalue weighted by molar-refractivity contribution is -0.122. The van der Waals surface area contributed by atoms with Crippen molar-refractivity contribution in [2.45, 2.75) is 24.6 Å². The smallest absolute Gasteiger partial charge is 0.242 e. The first-order chi connectivity index (χ1) is 11.8. The first kappa shape index (κ1) is 17.2. The van der Waals surface area contributed by atoms with E-state index in [1.165, 1.54) is 6.07 Å². The minimum atomic E-state index is -0.168. The number of thioether (sulfide) groups is 1. The van der Waals surface area contributed by atoms with Gasteiger partial charge in [-0.3, -0.25) is 4.79 Å². The number of amides is 1. The van der Waals surface area contributed by atoms with Crippen LogP contribution in [0.1, 0.15) is 18.4 Å². The molecule has 24 heavy (non-hydrogen) atoms. The Bertz CT molecular complexity index is 666. The Kier molecular flexibility index (Phi) is 6.09. The molecule has 1 saturated heterocycles. The number of halogens is 1. The van der Waals surface area contributed by atoms with Crippen LogP contribution in [0.3, 0.4) is 0 Å². The Morgan fingerprint density at radius 2 is 2.33 bits per heavy atom. The van der Waals surface area contributed by atoms with Gasteiger partial charge < -0.3 is 10.2 Å². The maximum atomic E-state index is 13.5. The number of hydrogen-bond donors (Lipinski definition) is 1. The number of thiazole rings is 1. The Hall–Kier alpha value is -1.60. The molecule has 1 atom stereocenters. The first-order valence-corrected chi connectivity index (χ1v) is 10.0. The van der Waals surface area contributed by atoms with Gasteiger partial charge in [-0.1, -0.05) is 18.2 Å². The molecule has 1 fully saturated rings. The minimum absolute atomic E-state index is 0.0641. The van der Waals surface area contributed by atoms with Gasteiger partial charge in [0.1, 0.15) is 11.9 Å². The Morgan fingerprint density at radius 3 is 3.12 bits per heavy atom. The van der Waals surface area contributed by atoms with Crippen molar-refractivity contribution in [1.82, 2.24) is 10.3 Å². The lowest BCUT2D eigenvalue weighted by atomic mass is 10.2. The van der Waals surface area contributed by atoms with E-state index in [4.69, 9.17) is 0 Å². The van der Waals surface area contributed by atoms with Crippen LogP contribution in [0, 0.1) is 5.82 Å². The zero-order valence-electron chi connectivity index (χ0n) is 13.3. The highest BCUT2D eigenvalue weighted by Crippen LogP contribution is 2.27. The third-order valence-corrected chi connectivity index (χ3v) is 5.80. The third-order valence-electron chi connectivity index (χ3n) is 3.98. The molecule has 128 valence electrons. The van der Waals surface area contributed by atoms with Gasteiger partial charge in [0.25, 0.3) is 0 Å². The quantitative estimate of drug-likeness (QED) is 0.765. The van der Waals surface area contributed by atoms with Gasteiger partial charge in [-0.25, -0.2) is 9.37 Å². The molecule has 1 aliphatic rings. The van der Waals surface area contributed by atoms with Gasteiger partial charge in [0.15, 0.2) is 5.13 Å². The van der Waals surface area contributed by atoms with E-state index in [0.29, 0.717) is 17.9 Å². The topological polar surface area (TPSA) is 45.2 Å². The molecule has 0 bridgehead atoms. The summed E-state index contributed by atoms with van der Waals surface area (Å²) < 4.78 is 13.5. The normalized spacial score (nSPS) is 17.2. The van der Waals surface area contributed by atoms with E-state index in [1.807, 2.05) is 11.4 Å². The summed E-state index contributed by atoms with van der Waals surface area (Å²) in [7, 11) is 0. The zero-order chi connectivity index (χ0) is 16.8. The van der Waals surface area contributed by atoms with Crippen molar-refractivity contribution < 1.29 is 9.18 Å². The highest BCUT2D eigenvalue weighted by molar-refractivity contribution is 7.98.